The van der Waals surface area contributed by atoms with Crippen LogP contribution in [0.15, 0.2) is 133 Å². The van der Waals surface area contributed by atoms with Gasteiger partial charge in [0.1, 0.15) is 23.0 Å². The molecule has 8 aromatic rings. The molecule has 0 aliphatic rings. The lowest BCUT2D eigenvalue weighted by Crippen LogP contribution is -2.00. The van der Waals surface area contributed by atoms with Crippen LogP contribution in [0.25, 0.3) is 77.2 Å². The van der Waals surface area contributed by atoms with E-state index in [-0.39, 0.29) is 0 Å². The molecule has 0 aromatic heterocycles. The van der Waals surface area contributed by atoms with Crippen LogP contribution in [0.5, 0.6) is 23.0 Å². The highest BCUT2D eigenvalue weighted by molar-refractivity contribution is 6.18. The Bertz CT molecular complexity index is 2600. The van der Waals surface area contributed by atoms with Crippen molar-refractivity contribution in [1.82, 2.24) is 0 Å². The first-order valence-corrected chi connectivity index (χ1v) is 19.0. The van der Waals surface area contributed by atoms with Crippen LogP contribution in [-0.2, 0) is 0 Å². The highest BCUT2D eigenvalue weighted by atomic mass is 16.5. The lowest BCUT2D eigenvalue weighted by Gasteiger charge is -2.24. The van der Waals surface area contributed by atoms with Crippen molar-refractivity contribution < 1.29 is 18.9 Å². The number of methoxy groups -OCH3 is 4. The van der Waals surface area contributed by atoms with Crippen LogP contribution in [0.4, 0.5) is 0 Å². The number of hydrogen-bond donors (Lipinski definition) is 0. The molecule has 8 aromatic carbocycles. The third-order valence-electron chi connectivity index (χ3n) is 10.8. The van der Waals surface area contributed by atoms with E-state index >= 15 is 0 Å². The summed E-state index contributed by atoms with van der Waals surface area (Å²) in [4.78, 5) is 0. The van der Waals surface area contributed by atoms with Gasteiger partial charge in [0.2, 0.25) is 0 Å². The smallest absolute Gasteiger partial charge is 0.135 e. The number of aryl methyl sites for hydroxylation is 4. The summed E-state index contributed by atoms with van der Waals surface area (Å²) in [6.07, 6.45) is 0. The van der Waals surface area contributed by atoms with E-state index in [4.69, 9.17) is 18.9 Å². The summed E-state index contributed by atoms with van der Waals surface area (Å²) in [5, 5.41) is 3.91. The second-order valence-corrected chi connectivity index (χ2v) is 14.6. The number of hydrogen-bond acceptors (Lipinski definition) is 4. The van der Waals surface area contributed by atoms with Gasteiger partial charge in [0.15, 0.2) is 0 Å². The first-order chi connectivity index (χ1) is 27.2. The SMILES string of the molecule is COc1ccc(-c2cccc(C)c2)c2c(OC)c(-c3cc(-c4cccc(C)c4)c4c(OC)ccc(-c5cccc(C)c5)c4c3OC)cc(-c3cccc(C)c3)c12. The van der Waals surface area contributed by atoms with Gasteiger partial charge in [-0.1, -0.05) is 119 Å². The van der Waals surface area contributed by atoms with Crippen molar-refractivity contribution in [2.24, 2.45) is 0 Å². The molecule has 0 bridgehead atoms. The fourth-order valence-corrected chi connectivity index (χ4v) is 8.36. The van der Waals surface area contributed by atoms with Crippen LogP contribution < -0.4 is 18.9 Å². The van der Waals surface area contributed by atoms with Gasteiger partial charge in [-0.15, -0.1) is 0 Å². The van der Waals surface area contributed by atoms with Crippen molar-refractivity contribution in [2.75, 3.05) is 28.4 Å². The summed E-state index contributed by atoms with van der Waals surface area (Å²) < 4.78 is 25.6. The van der Waals surface area contributed by atoms with Gasteiger partial charge in [-0.05, 0) is 109 Å². The van der Waals surface area contributed by atoms with E-state index in [0.29, 0.717) is 0 Å². The molecule has 8 rings (SSSR count). The van der Waals surface area contributed by atoms with Gasteiger partial charge in [-0.2, -0.15) is 0 Å². The first kappa shape index (κ1) is 36.5. The van der Waals surface area contributed by atoms with Crippen LogP contribution in [0, 0.1) is 27.7 Å². The zero-order valence-electron chi connectivity index (χ0n) is 33.3. The molecular weight excluding hydrogens is 689 g/mol. The summed E-state index contributed by atoms with van der Waals surface area (Å²) in [7, 11) is 7.01. The van der Waals surface area contributed by atoms with Crippen LogP contribution in [0.2, 0.25) is 0 Å². The monoisotopic (exact) mass is 734 g/mol. The van der Waals surface area contributed by atoms with Crippen molar-refractivity contribution >= 4 is 21.5 Å². The lowest BCUT2D eigenvalue weighted by atomic mass is 9.84. The summed E-state index contributed by atoms with van der Waals surface area (Å²) >= 11 is 0. The molecule has 4 heteroatoms. The van der Waals surface area contributed by atoms with E-state index in [9.17, 15) is 0 Å². The normalized spacial score (nSPS) is 11.2. The molecule has 4 nitrogen and oxygen atoms in total. The maximum absolute atomic E-state index is 6.64. The van der Waals surface area contributed by atoms with Crippen LogP contribution >= 0.6 is 0 Å². The molecule has 0 heterocycles. The van der Waals surface area contributed by atoms with Crippen molar-refractivity contribution in [3.63, 3.8) is 0 Å². The molecule has 0 fully saturated rings. The molecule has 0 aliphatic heterocycles. The van der Waals surface area contributed by atoms with E-state index in [1.54, 1.807) is 28.4 Å². The summed E-state index contributed by atoms with van der Waals surface area (Å²) in [5.74, 6) is 3.02. The van der Waals surface area contributed by atoms with Crippen LogP contribution in [-0.4, -0.2) is 28.4 Å². The minimum Gasteiger partial charge on any atom is -0.496 e. The van der Waals surface area contributed by atoms with Gasteiger partial charge in [0, 0.05) is 32.7 Å². The molecule has 0 radical (unpaired) electrons. The predicted molar refractivity (Wildman–Crippen MR) is 234 cm³/mol. The molecule has 278 valence electrons. The molecule has 0 aliphatic carbocycles. The topological polar surface area (TPSA) is 36.9 Å². The van der Waals surface area contributed by atoms with Crippen molar-refractivity contribution in [1.29, 1.82) is 0 Å². The molecule has 0 atom stereocenters. The summed E-state index contributed by atoms with van der Waals surface area (Å²) in [6.45, 7) is 8.52. The number of benzene rings is 8. The highest BCUT2D eigenvalue weighted by Gasteiger charge is 2.28. The molecule has 0 saturated heterocycles. The zero-order valence-corrected chi connectivity index (χ0v) is 33.3. The number of ether oxygens (including phenoxy) is 4. The summed E-state index contributed by atoms with van der Waals surface area (Å²) in [5.41, 5.74) is 15.0. The minimum atomic E-state index is 0.736. The third-order valence-corrected chi connectivity index (χ3v) is 10.8. The van der Waals surface area contributed by atoms with E-state index < -0.39 is 0 Å². The molecular formula is C52H46O4. The van der Waals surface area contributed by atoms with Crippen molar-refractivity contribution in [3.05, 3.63) is 156 Å². The standard InChI is InChI=1S/C52H46O4/c1-31-13-9-17-35(25-31)39-21-23-45(53-5)47-41(37-19-11-15-33(3)27-37)29-43(51(55-7)49(39)47)44-30-42(38-20-12-16-34(4)28-38)48-46(54-6)24-22-40(50(48)52(44)56-8)36-18-10-14-32(2)26-36/h9-30H,1-8H3. The molecule has 0 spiro atoms. The Balaban J connectivity index is 1.62. The van der Waals surface area contributed by atoms with Crippen LogP contribution in [0.3, 0.4) is 0 Å². The van der Waals surface area contributed by atoms with Crippen molar-refractivity contribution in [2.45, 2.75) is 27.7 Å². The fourth-order valence-electron chi connectivity index (χ4n) is 8.36. The minimum absolute atomic E-state index is 0.736. The quantitative estimate of drug-likeness (QED) is 0.148. The van der Waals surface area contributed by atoms with E-state index in [1.807, 2.05) is 0 Å². The van der Waals surface area contributed by atoms with Gasteiger partial charge in [0.05, 0.1) is 28.4 Å². The zero-order chi connectivity index (χ0) is 39.1. The molecule has 56 heavy (non-hydrogen) atoms. The largest absolute Gasteiger partial charge is 0.496 e. The average Bonchev–Trinajstić information content (AvgIpc) is 3.21. The van der Waals surface area contributed by atoms with Gasteiger partial charge < -0.3 is 18.9 Å². The van der Waals surface area contributed by atoms with E-state index in [2.05, 4.69) is 161 Å². The number of rotatable bonds is 9. The van der Waals surface area contributed by atoms with Gasteiger partial charge in [-0.3, -0.25) is 0 Å². The summed E-state index contributed by atoms with van der Waals surface area (Å²) in [6, 6.07) is 47.5. The highest BCUT2D eigenvalue weighted by Crippen LogP contribution is 2.55. The van der Waals surface area contributed by atoms with E-state index in [1.165, 1.54) is 22.3 Å². The van der Waals surface area contributed by atoms with Crippen LogP contribution in [0.1, 0.15) is 22.3 Å². The molecule has 0 amide bonds. The molecule has 0 unspecified atom stereocenters. The Hall–Kier alpha value is -6.52. The Morgan fingerprint density at radius 2 is 0.607 bits per heavy atom. The fraction of sp³-hybridized carbons (Fsp3) is 0.154. The Morgan fingerprint density at radius 1 is 0.286 bits per heavy atom. The Morgan fingerprint density at radius 3 is 0.893 bits per heavy atom. The lowest BCUT2D eigenvalue weighted by molar-refractivity contribution is 0.413. The first-order valence-electron chi connectivity index (χ1n) is 19.0. The Labute approximate surface area is 329 Å². The maximum Gasteiger partial charge on any atom is 0.135 e. The Kier molecular flexibility index (Phi) is 9.74. The molecule has 0 N–H and O–H groups in total. The predicted octanol–water partition coefficient (Wildman–Crippen LogP) is 13.6. The van der Waals surface area contributed by atoms with Gasteiger partial charge in [0.25, 0.3) is 0 Å². The second kappa shape index (κ2) is 15.0. The van der Waals surface area contributed by atoms with Gasteiger partial charge >= 0.3 is 0 Å². The number of fused-ring (bicyclic) bond motifs is 2. The second-order valence-electron chi connectivity index (χ2n) is 14.6. The molecule has 0 saturated carbocycles. The van der Waals surface area contributed by atoms with Gasteiger partial charge in [-0.25, -0.2) is 0 Å². The van der Waals surface area contributed by atoms with E-state index in [0.717, 1.165) is 100 Å². The van der Waals surface area contributed by atoms with Crippen molar-refractivity contribution in [3.8, 4) is 78.6 Å². The maximum atomic E-state index is 6.64. The third kappa shape index (κ3) is 6.31. The average molecular weight is 735 g/mol.